The topological polar surface area (TPSA) is 78.8 Å². The van der Waals surface area contributed by atoms with E-state index in [1.807, 2.05) is 48.5 Å². The van der Waals surface area contributed by atoms with Crippen LogP contribution in [-0.4, -0.2) is 30.6 Å². The van der Waals surface area contributed by atoms with Crippen LogP contribution in [-0.2, 0) is 6.54 Å². The largest absolute Gasteiger partial charge is 0.350 e. The molecule has 3 aromatic heterocycles. The zero-order valence-electron chi connectivity index (χ0n) is 25.5. The van der Waals surface area contributed by atoms with Crippen molar-refractivity contribution in [3.05, 3.63) is 159 Å². The second-order valence-corrected chi connectivity index (χ2v) is 12.9. The quantitative estimate of drug-likeness (QED) is 0.187. The van der Waals surface area contributed by atoms with Crippen molar-refractivity contribution in [1.29, 1.82) is 0 Å². The van der Waals surface area contributed by atoms with E-state index < -0.39 is 0 Å². The van der Waals surface area contributed by atoms with Crippen LogP contribution in [0.1, 0.15) is 57.7 Å². The highest BCUT2D eigenvalue weighted by atomic mass is 35.5. The number of fused-ring (bicyclic) bond motifs is 2. The second kappa shape index (κ2) is 11.9. The van der Waals surface area contributed by atoms with E-state index in [-0.39, 0.29) is 17.9 Å². The maximum absolute atomic E-state index is 14.5. The van der Waals surface area contributed by atoms with Crippen molar-refractivity contribution >= 4 is 57.1 Å². The Morgan fingerprint density at radius 2 is 1.74 bits per heavy atom. The smallest absolute Gasteiger partial charge is 0.273 e. The lowest BCUT2D eigenvalue weighted by Gasteiger charge is -2.39. The summed E-state index contributed by atoms with van der Waals surface area (Å²) >= 11 is 13.2. The summed E-state index contributed by atoms with van der Waals surface area (Å²) in [5.41, 5.74) is 8.52. The van der Waals surface area contributed by atoms with Gasteiger partial charge in [0.15, 0.2) is 0 Å². The van der Waals surface area contributed by atoms with Gasteiger partial charge in [-0.05, 0) is 76.6 Å². The molecule has 0 saturated heterocycles. The Kier molecular flexibility index (Phi) is 7.43. The molecular formula is C38H30Cl2N6O. The third-order valence-electron chi connectivity index (χ3n) is 9.00. The summed E-state index contributed by atoms with van der Waals surface area (Å²) in [6.07, 6.45) is 10.4. The molecule has 9 heteroatoms. The molecule has 2 aliphatic heterocycles. The van der Waals surface area contributed by atoms with E-state index in [4.69, 9.17) is 23.2 Å². The highest BCUT2D eigenvalue weighted by Gasteiger charge is 2.39. The van der Waals surface area contributed by atoms with Crippen LogP contribution >= 0.6 is 23.2 Å². The van der Waals surface area contributed by atoms with Crippen molar-refractivity contribution in [2.75, 3.05) is 5.32 Å². The molecule has 2 aliphatic rings. The maximum Gasteiger partial charge on any atom is 0.273 e. The summed E-state index contributed by atoms with van der Waals surface area (Å²) < 4.78 is 1.78. The van der Waals surface area contributed by atoms with Gasteiger partial charge in [0.1, 0.15) is 11.5 Å². The molecule has 3 aromatic carbocycles. The fraction of sp³-hybridized carbons (Fsp3) is 0.132. The number of aromatic amines is 1. The molecule has 8 rings (SSSR count). The SMILES string of the molecule is CC1CC=CN2C(=C1c1ccccc1)c1c(C(=O)Nc3ccnn3Cc3ccncc3)[nH]c3cc(Cl)cc(c13)C2c1ccc(Cl)cc1. The summed E-state index contributed by atoms with van der Waals surface area (Å²) in [7, 11) is 0. The van der Waals surface area contributed by atoms with E-state index in [1.54, 1.807) is 23.3 Å². The molecule has 0 aliphatic carbocycles. The number of hydrogen-bond donors (Lipinski definition) is 2. The molecule has 0 fully saturated rings. The summed E-state index contributed by atoms with van der Waals surface area (Å²) in [5.74, 6) is 0.505. The normalized spacial score (nSPS) is 17.1. The Morgan fingerprint density at radius 3 is 2.53 bits per heavy atom. The second-order valence-electron chi connectivity index (χ2n) is 12.0. The lowest BCUT2D eigenvalue weighted by molar-refractivity contribution is 0.102. The fourth-order valence-corrected chi connectivity index (χ4v) is 7.30. The summed E-state index contributed by atoms with van der Waals surface area (Å²) in [6, 6.07) is 27.8. The van der Waals surface area contributed by atoms with Crippen molar-refractivity contribution in [3.63, 3.8) is 0 Å². The van der Waals surface area contributed by atoms with Gasteiger partial charge in [0.25, 0.3) is 5.91 Å². The number of carbonyl (C=O) groups is 1. The Labute approximate surface area is 282 Å². The minimum atomic E-state index is -0.263. The van der Waals surface area contributed by atoms with Gasteiger partial charge in [-0.15, -0.1) is 0 Å². The summed E-state index contributed by atoms with van der Waals surface area (Å²) in [6.45, 7) is 2.74. The number of nitrogens with one attached hydrogen (secondary N) is 2. The number of H-pyrrole nitrogens is 1. The van der Waals surface area contributed by atoms with Crippen molar-refractivity contribution in [3.8, 4) is 0 Å². The number of nitrogens with zero attached hydrogens (tertiary/aromatic N) is 4. The van der Waals surface area contributed by atoms with Gasteiger partial charge in [0.2, 0.25) is 0 Å². The lowest BCUT2D eigenvalue weighted by atomic mass is 9.82. The summed E-state index contributed by atoms with van der Waals surface area (Å²) in [5, 5.41) is 9.88. The number of pyridine rings is 1. The van der Waals surface area contributed by atoms with Crippen molar-refractivity contribution in [2.24, 2.45) is 5.92 Å². The van der Waals surface area contributed by atoms with Gasteiger partial charge in [0.05, 0.1) is 24.5 Å². The van der Waals surface area contributed by atoms with Crippen LogP contribution < -0.4 is 5.32 Å². The first-order chi connectivity index (χ1) is 23.0. The first kappa shape index (κ1) is 29.3. The van der Waals surface area contributed by atoms with Crippen molar-refractivity contribution < 1.29 is 4.79 Å². The highest BCUT2D eigenvalue weighted by molar-refractivity contribution is 6.32. The average molecular weight is 658 g/mol. The highest BCUT2D eigenvalue weighted by Crippen LogP contribution is 2.52. The van der Waals surface area contributed by atoms with Gasteiger partial charge in [-0.25, -0.2) is 4.68 Å². The number of rotatable bonds is 6. The van der Waals surface area contributed by atoms with Gasteiger partial charge in [0, 0.05) is 51.2 Å². The van der Waals surface area contributed by atoms with E-state index in [9.17, 15) is 4.79 Å². The molecule has 0 radical (unpaired) electrons. The molecule has 0 spiro atoms. The van der Waals surface area contributed by atoms with Gasteiger partial charge < -0.3 is 15.2 Å². The lowest BCUT2D eigenvalue weighted by Crippen LogP contribution is -2.29. The number of hydrogen-bond acceptors (Lipinski definition) is 4. The van der Waals surface area contributed by atoms with E-state index >= 15 is 0 Å². The Bertz CT molecular complexity index is 2180. The predicted molar refractivity (Wildman–Crippen MR) is 188 cm³/mol. The van der Waals surface area contributed by atoms with Crippen LogP contribution in [0, 0.1) is 5.92 Å². The number of carbonyl (C=O) groups excluding carboxylic acids is 1. The zero-order valence-corrected chi connectivity index (χ0v) is 27.0. The van der Waals surface area contributed by atoms with Crippen molar-refractivity contribution in [2.45, 2.75) is 25.9 Å². The standard InChI is InChI=1S/C38H30Cl2N6O/c1-23-6-5-19-45-36(26-9-11-27(39)12-10-26)29-20-28(40)21-30-33(29)34(37(45)32(23)25-7-3-2-4-8-25)35(43-30)38(47)44-31-15-18-42-46(31)22-24-13-16-41-17-14-24/h2-5,7-21,23,36,43H,6,22H2,1H3,(H,44,47). The monoisotopic (exact) mass is 656 g/mol. The molecule has 5 heterocycles. The molecule has 47 heavy (non-hydrogen) atoms. The number of allylic oxidation sites excluding steroid dienone is 2. The maximum atomic E-state index is 14.5. The molecular weight excluding hydrogens is 627 g/mol. The fourth-order valence-electron chi connectivity index (χ4n) is 6.95. The molecule has 7 nitrogen and oxygen atoms in total. The third kappa shape index (κ3) is 5.22. The van der Waals surface area contributed by atoms with Crippen LogP contribution in [0.3, 0.4) is 0 Å². The van der Waals surface area contributed by atoms with Gasteiger partial charge in [-0.2, -0.15) is 5.10 Å². The first-order valence-electron chi connectivity index (χ1n) is 15.5. The first-order valence-corrected chi connectivity index (χ1v) is 16.3. The minimum Gasteiger partial charge on any atom is -0.350 e. The number of benzene rings is 3. The minimum absolute atomic E-state index is 0.177. The van der Waals surface area contributed by atoms with Gasteiger partial charge in [-0.1, -0.05) is 78.7 Å². The number of halogens is 2. The van der Waals surface area contributed by atoms with Crippen LogP contribution in [0.5, 0.6) is 0 Å². The van der Waals surface area contributed by atoms with Crippen LogP contribution in [0.2, 0.25) is 10.0 Å². The molecule has 2 atom stereocenters. The molecule has 232 valence electrons. The Balaban J connectivity index is 1.36. The summed E-state index contributed by atoms with van der Waals surface area (Å²) in [4.78, 5) is 24.4. The Hall–Kier alpha value is -5.11. The third-order valence-corrected chi connectivity index (χ3v) is 9.47. The number of amides is 1. The van der Waals surface area contributed by atoms with Crippen molar-refractivity contribution in [1.82, 2.24) is 24.6 Å². The zero-order chi connectivity index (χ0) is 32.1. The van der Waals surface area contributed by atoms with Crippen LogP contribution in [0.15, 0.2) is 116 Å². The van der Waals surface area contributed by atoms with E-state index in [0.717, 1.165) is 50.8 Å². The number of aromatic nitrogens is 4. The van der Waals surface area contributed by atoms with Crippen LogP contribution in [0.4, 0.5) is 5.82 Å². The van der Waals surface area contributed by atoms with E-state index in [1.165, 1.54) is 5.57 Å². The average Bonchev–Trinajstić information content (AvgIpc) is 3.63. The molecule has 1 amide bonds. The van der Waals surface area contributed by atoms with Gasteiger partial charge in [-0.3, -0.25) is 9.78 Å². The van der Waals surface area contributed by atoms with Gasteiger partial charge >= 0.3 is 0 Å². The molecule has 0 saturated carbocycles. The molecule has 6 aromatic rings. The predicted octanol–water partition coefficient (Wildman–Crippen LogP) is 9.19. The Morgan fingerprint density at radius 1 is 0.957 bits per heavy atom. The molecule has 0 bridgehead atoms. The van der Waals surface area contributed by atoms with E-state index in [2.05, 4.69) is 80.9 Å². The van der Waals surface area contributed by atoms with Crippen LogP contribution in [0.25, 0.3) is 22.2 Å². The number of anilines is 1. The van der Waals surface area contributed by atoms with E-state index in [0.29, 0.717) is 28.1 Å². The molecule has 2 N–H and O–H groups in total. The molecule has 2 unspecified atom stereocenters.